The van der Waals surface area contributed by atoms with Crippen molar-refractivity contribution in [3.05, 3.63) is 47.4 Å². The summed E-state index contributed by atoms with van der Waals surface area (Å²) in [5.74, 6) is 0. The van der Waals surface area contributed by atoms with Crippen molar-refractivity contribution in [2.75, 3.05) is 6.61 Å². The van der Waals surface area contributed by atoms with Crippen LogP contribution in [0.15, 0.2) is 36.7 Å². The second-order valence-corrected chi connectivity index (χ2v) is 13.2. The van der Waals surface area contributed by atoms with Crippen molar-refractivity contribution < 1.29 is 4.43 Å². The molecule has 3 rings (SSSR count). The Labute approximate surface area is 160 Å². The Morgan fingerprint density at radius 3 is 2.65 bits per heavy atom. The molecular formula is C19H25ClN4OSi. The summed E-state index contributed by atoms with van der Waals surface area (Å²) >= 11 is 5.94. The number of hydrogen-bond donors (Lipinski definition) is 0. The normalized spacial score (nSPS) is 12.7. The highest BCUT2D eigenvalue weighted by atomic mass is 35.5. The molecule has 7 heteroatoms. The van der Waals surface area contributed by atoms with E-state index in [-0.39, 0.29) is 5.04 Å². The molecule has 3 aromatic heterocycles. The zero-order chi connectivity index (χ0) is 18.9. The number of fused-ring (bicyclic) bond motifs is 1. The van der Waals surface area contributed by atoms with Gasteiger partial charge < -0.3 is 4.43 Å². The number of rotatable bonds is 5. The van der Waals surface area contributed by atoms with Gasteiger partial charge in [0.1, 0.15) is 10.8 Å². The Balaban J connectivity index is 1.73. The maximum atomic E-state index is 6.28. The highest BCUT2D eigenvalue weighted by molar-refractivity contribution is 6.74. The molecule has 0 N–H and O–H groups in total. The van der Waals surface area contributed by atoms with Crippen LogP contribution in [0, 0.1) is 0 Å². The maximum Gasteiger partial charge on any atom is 0.191 e. The molecule has 26 heavy (non-hydrogen) atoms. The van der Waals surface area contributed by atoms with Gasteiger partial charge in [-0.25, -0.2) is 9.50 Å². The van der Waals surface area contributed by atoms with Gasteiger partial charge in [0.15, 0.2) is 14.0 Å². The van der Waals surface area contributed by atoms with Crippen LogP contribution in [0.25, 0.3) is 17.0 Å². The molecule has 0 unspecified atom stereocenters. The van der Waals surface area contributed by atoms with E-state index in [1.807, 2.05) is 24.5 Å². The summed E-state index contributed by atoms with van der Waals surface area (Å²) in [6.07, 6.45) is 4.53. The van der Waals surface area contributed by atoms with Crippen LogP contribution in [0.3, 0.4) is 0 Å². The molecule has 0 atom stereocenters. The smallest absolute Gasteiger partial charge is 0.191 e. The molecule has 0 aliphatic heterocycles. The Hall–Kier alpha value is -1.76. The topological polar surface area (TPSA) is 52.3 Å². The van der Waals surface area contributed by atoms with Gasteiger partial charge >= 0.3 is 0 Å². The molecule has 0 aromatic carbocycles. The van der Waals surface area contributed by atoms with E-state index in [2.05, 4.69) is 55.0 Å². The van der Waals surface area contributed by atoms with Gasteiger partial charge in [-0.2, -0.15) is 5.10 Å². The monoisotopic (exact) mass is 388 g/mol. The van der Waals surface area contributed by atoms with Crippen molar-refractivity contribution in [1.29, 1.82) is 0 Å². The van der Waals surface area contributed by atoms with Crippen LogP contribution in [0.4, 0.5) is 0 Å². The summed E-state index contributed by atoms with van der Waals surface area (Å²) in [6.45, 7) is 12.1. The number of hydrogen-bond acceptors (Lipinski definition) is 4. The average Bonchev–Trinajstić information content (AvgIpc) is 2.97. The van der Waals surface area contributed by atoms with Gasteiger partial charge in [0.05, 0.1) is 11.9 Å². The fourth-order valence-corrected chi connectivity index (χ4v) is 3.58. The lowest BCUT2D eigenvalue weighted by Gasteiger charge is -2.36. The summed E-state index contributed by atoms with van der Waals surface area (Å²) in [5, 5.41) is 4.88. The maximum absolute atomic E-state index is 6.28. The second kappa shape index (κ2) is 7.10. The summed E-state index contributed by atoms with van der Waals surface area (Å²) in [4.78, 5) is 9.03. The fourth-order valence-electron chi connectivity index (χ4n) is 2.39. The predicted octanol–water partition coefficient (Wildman–Crippen LogP) is 5.01. The minimum absolute atomic E-state index is 0.223. The van der Waals surface area contributed by atoms with Gasteiger partial charge in [-0.1, -0.05) is 32.4 Å². The lowest BCUT2D eigenvalue weighted by Crippen LogP contribution is -2.41. The second-order valence-electron chi connectivity index (χ2n) is 7.99. The van der Waals surface area contributed by atoms with E-state index < -0.39 is 8.32 Å². The summed E-state index contributed by atoms with van der Waals surface area (Å²) in [6, 6.07) is 7.67. The molecule has 0 radical (unpaired) electrons. The molecule has 0 fully saturated rings. The zero-order valence-corrected chi connectivity index (χ0v) is 17.7. The third kappa shape index (κ3) is 4.14. The minimum atomic E-state index is -1.72. The Kier molecular flexibility index (Phi) is 5.19. The van der Waals surface area contributed by atoms with Gasteiger partial charge in [0.2, 0.25) is 0 Å². The van der Waals surface area contributed by atoms with E-state index in [0.717, 1.165) is 30.1 Å². The first-order valence-corrected chi connectivity index (χ1v) is 12.1. The molecule has 0 aliphatic rings. The van der Waals surface area contributed by atoms with Crippen molar-refractivity contribution in [1.82, 2.24) is 19.6 Å². The van der Waals surface area contributed by atoms with Gasteiger partial charge in [-0.05, 0) is 54.4 Å². The number of aromatic nitrogens is 4. The highest BCUT2D eigenvalue weighted by Crippen LogP contribution is 2.36. The van der Waals surface area contributed by atoms with Crippen molar-refractivity contribution >= 4 is 25.6 Å². The molecule has 0 saturated carbocycles. The molecule has 3 aromatic rings. The Morgan fingerprint density at radius 2 is 1.92 bits per heavy atom. The molecular weight excluding hydrogens is 364 g/mol. The molecule has 0 spiro atoms. The first-order valence-electron chi connectivity index (χ1n) is 8.77. The average molecular weight is 389 g/mol. The van der Waals surface area contributed by atoms with E-state index >= 15 is 0 Å². The minimum Gasteiger partial charge on any atom is -0.416 e. The number of imidazole rings is 1. The van der Waals surface area contributed by atoms with Crippen molar-refractivity contribution in [2.24, 2.45) is 0 Å². The van der Waals surface area contributed by atoms with Gasteiger partial charge in [-0.3, -0.25) is 4.98 Å². The largest absolute Gasteiger partial charge is 0.416 e. The molecule has 0 aliphatic carbocycles. The van der Waals surface area contributed by atoms with E-state index in [4.69, 9.17) is 16.0 Å². The quantitative estimate of drug-likeness (QED) is 0.576. The molecule has 0 amide bonds. The van der Waals surface area contributed by atoms with Gasteiger partial charge in [-0.15, -0.1) is 0 Å². The molecule has 0 saturated heterocycles. The first-order chi connectivity index (χ1) is 12.2. The molecule has 3 heterocycles. The van der Waals surface area contributed by atoms with Crippen LogP contribution in [-0.2, 0) is 10.8 Å². The molecule has 0 bridgehead atoms. The first kappa shape index (κ1) is 19.0. The van der Waals surface area contributed by atoms with Crippen molar-refractivity contribution in [3.63, 3.8) is 0 Å². The lowest BCUT2D eigenvalue weighted by molar-refractivity contribution is 0.292. The van der Waals surface area contributed by atoms with Crippen LogP contribution < -0.4 is 0 Å². The summed E-state index contributed by atoms with van der Waals surface area (Å²) < 4.78 is 7.95. The van der Waals surface area contributed by atoms with E-state index in [1.54, 1.807) is 10.6 Å². The molecule has 138 valence electrons. The SMILES string of the molecule is CC(C)(C)[Si](C)(C)OCCc1ccnc(-c2cn3nc(Cl)ccc3n2)c1. The number of halogens is 1. The summed E-state index contributed by atoms with van der Waals surface area (Å²) in [5.41, 5.74) is 3.55. The van der Waals surface area contributed by atoms with Crippen LogP contribution >= 0.6 is 11.6 Å². The van der Waals surface area contributed by atoms with E-state index in [9.17, 15) is 0 Å². The van der Waals surface area contributed by atoms with E-state index in [1.165, 1.54) is 5.56 Å². The molecule has 5 nitrogen and oxygen atoms in total. The van der Waals surface area contributed by atoms with Crippen LogP contribution in [0.1, 0.15) is 26.3 Å². The zero-order valence-electron chi connectivity index (χ0n) is 16.0. The third-order valence-corrected chi connectivity index (χ3v) is 9.77. The van der Waals surface area contributed by atoms with Crippen molar-refractivity contribution in [2.45, 2.75) is 45.3 Å². The van der Waals surface area contributed by atoms with Gasteiger partial charge in [0, 0.05) is 12.8 Å². The fraction of sp³-hybridized carbons (Fsp3) is 0.421. The predicted molar refractivity (Wildman–Crippen MR) is 108 cm³/mol. The summed E-state index contributed by atoms with van der Waals surface area (Å²) in [7, 11) is -1.72. The van der Waals surface area contributed by atoms with Gasteiger partial charge in [0.25, 0.3) is 0 Å². The Morgan fingerprint density at radius 1 is 1.15 bits per heavy atom. The third-order valence-electron chi connectivity index (χ3n) is 5.03. The number of pyridine rings is 1. The van der Waals surface area contributed by atoms with Crippen molar-refractivity contribution in [3.8, 4) is 11.4 Å². The Bertz CT molecular complexity index is 917. The number of nitrogens with zero attached hydrogens (tertiary/aromatic N) is 4. The van der Waals surface area contributed by atoms with Crippen LogP contribution in [0.2, 0.25) is 23.3 Å². The van der Waals surface area contributed by atoms with Crippen LogP contribution in [0.5, 0.6) is 0 Å². The van der Waals surface area contributed by atoms with E-state index in [0.29, 0.717) is 5.15 Å². The highest BCUT2D eigenvalue weighted by Gasteiger charge is 2.36. The lowest BCUT2D eigenvalue weighted by atomic mass is 10.1. The standard InChI is InChI=1S/C19H25ClN4OSi/c1-19(2,3)26(4,5)25-11-9-14-8-10-21-15(12-14)16-13-24-18(22-16)7-6-17(20)23-24/h6-8,10,12-13H,9,11H2,1-5H3. The van der Waals surface area contributed by atoms with Crippen LogP contribution in [-0.4, -0.2) is 34.5 Å².